The van der Waals surface area contributed by atoms with E-state index in [4.69, 9.17) is 0 Å². The first kappa shape index (κ1) is 9.73. The van der Waals surface area contributed by atoms with Gasteiger partial charge in [0.05, 0.1) is 0 Å². The highest BCUT2D eigenvalue weighted by Crippen LogP contribution is 2.00. The topological polar surface area (TPSA) is 55.7 Å². The molecule has 0 aliphatic carbocycles. The summed E-state index contributed by atoms with van der Waals surface area (Å²) in [7, 11) is 0. The van der Waals surface area contributed by atoms with Gasteiger partial charge in [0, 0.05) is 11.5 Å². The molecule has 0 saturated carbocycles. The first-order valence-corrected chi connectivity index (χ1v) is 4.47. The van der Waals surface area contributed by atoms with Gasteiger partial charge in [0.25, 0.3) is 0 Å². The van der Waals surface area contributed by atoms with E-state index in [1.807, 2.05) is 30.3 Å². The molecule has 1 rings (SSSR count). The van der Waals surface area contributed by atoms with E-state index in [9.17, 15) is 9.00 Å². The number of carbonyl (C=O) groups excluding carboxylic acids is 1. The Bertz CT molecular complexity index is 333. The van der Waals surface area contributed by atoms with Gasteiger partial charge in [-0.05, 0) is 5.56 Å². The van der Waals surface area contributed by atoms with E-state index in [1.165, 1.54) is 0 Å². The molecule has 4 nitrogen and oxygen atoms in total. The standard InChI is InChI=1S/C8H9NO3S/c10-8(9-13-11)12-6-7-4-2-1-3-5-7/h1-5H,6,13H2. The second kappa shape index (κ2) is 5.31. The van der Waals surface area contributed by atoms with Crippen LogP contribution in [-0.2, 0) is 22.8 Å². The number of amides is 1. The van der Waals surface area contributed by atoms with Crippen LogP contribution in [0.1, 0.15) is 5.56 Å². The van der Waals surface area contributed by atoms with E-state index in [0.29, 0.717) is 0 Å². The van der Waals surface area contributed by atoms with Crippen molar-refractivity contribution in [3.05, 3.63) is 35.9 Å². The molecule has 1 aromatic rings. The number of ether oxygens (including phenoxy) is 1. The quantitative estimate of drug-likeness (QED) is 0.718. The van der Waals surface area contributed by atoms with Crippen molar-refractivity contribution in [1.29, 1.82) is 0 Å². The minimum atomic E-state index is -0.994. The minimum Gasteiger partial charge on any atom is -0.443 e. The Morgan fingerprint density at radius 1 is 1.38 bits per heavy atom. The molecule has 0 bridgehead atoms. The van der Waals surface area contributed by atoms with Crippen molar-refractivity contribution in [2.45, 2.75) is 6.61 Å². The third-order valence-corrected chi connectivity index (χ3v) is 1.62. The minimum absolute atomic E-state index is 0.160. The number of benzene rings is 1. The van der Waals surface area contributed by atoms with Crippen molar-refractivity contribution in [3.8, 4) is 0 Å². The van der Waals surface area contributed by atoms with Gasteiger partial charge in [-0.1, -0.05) is 30.3 Å². The van der Waals surface area contributed by atoms with Crippen LogP contribution in [0.4, 0.5) is 4.79 Å². The Labute approximate surface area is 78.8 Å². The second-order valence-corrected chi connectivity index (χ2v) is 2.65. The summed E-state index contributed by atoms with van der Waals surface area (Å²) >= 11 is -0.994. The molecule has 0 saturated heterocycles. The third-order valence-electron chi connectivity index (χ3n) is 1.34. The van der Waals surface area contributed by atoms with E-state index < -0.39 is 17.6 Å². The van der Waals surface area contributed by atoms with E-state index in [0.717, 1.165) is 5.56 Å². The highest BCUT2D eigenvalue weighted by atomic mass is 32.1. The number of rotatable bonds is 2. The normalized spacial score (nSPS) is 10.2. The molecule has 13 heavy (non-hydrogen) atoms. The van der Waals surface area contributed by atoms with Crippen LogP contribution < -0.4 is 0 Å². The maximum Gasteiger partial charge on any atom is 0.441 e. The van der Waals surface area contributed by atoms with Crippen LogP contribution in [0.15, 0.2) is 34.7 Å². The van der Waals surface area contributed by atoms with E-state index in [-0.39, 0.29) is 6.61 Å². The van der Waals surface area contributed by atoms with Gasteiger partial charge >= 0.3 is 6.09 Å². The molecule has 0 heterocycles. The molecule has 0 atom stereocenters. The predicted molar refractivity (Wildman–Crippen MR) is 50.0 cm³/mol. The smallest absolute Gasteiger partial charge is 0.441 e. The lowest BCUT2D eigenvalue weighted by Crippen LogP contribution is -1.97. The Balaban J connectivity index is 2.44. The Kier molecular flexibility index (Phi) is 3.98. The first-order chi connectivity index (χ1) is 6.33. The summed E-state index contributed by atoms with van der Waals surface area (Å²) in [6.07, 6.45) is -0.794. The molecule has 0 aromatic heterocycles. The van der Waals surface area contributed by atoms with Crippen LogP contribution in [-0.4, -0.2) is 10.3 Å². The molecular formula is C8H9NO3S. The van der Waals surface area contributed by atoms with Gasteiger partial charge in [0.15, 0.2) is 0 Å². The molecule has 0 radical (unpaired) electrons. The molecule has 0 aliphatic rings. The third kappa shape index (κ3) is 3.71. The van der Waals surface area contributed by atoms with Crippen molar-refractivity contribution in [3.63, 3.8) is 0 Å². The summed E-state index contributed by atoms with van der Waals surface area (Å²) in [5.41, 5.74) is 0.875. The van der Waals surface area contributed by atoms with Gasteiger partial charge in [-0.25, -0.2) is 4.79 Å². The summed E-state index contributed by atoms with van der Waals surface area (Å²) in [4.78, 5) is 10.6. The highest BCUT2D eigenvalue weighted by molar-refractivity contribution is 7.55. The van der Waals surface area contributed by atoms with Gasteiger partial charge in [-0.2, -0.15) is 0 Å². The Morgan fingerprint density at radius 3 is 2.69 bits per heavy atom. The molecule has 70 valence electrons. The van der Waals surface area contributed by atoms with Gasteiger partial charge in [-0.15, -0.1) is 4.36 Å². The zero-order chi connectivity index (χ0) is 9.52. The summed E-state index contributed by atoms with van der Waals surface area (Å²) in [6, 6.07) is 9.21. The molecule has 1 amide bonds. The summed E-state index contributed by atoms with van der Waals surface area (Å²) in [5.74, 6) is 0. The average molecular weight is 199 g/mol. The summed E-state index contributed by atoms with van der Waals surface area (Å²) < 4.78 is 17.6. The SMILES string of the molecule is O=[SH2]=NC(=O)OCc1ccccc1. The van der Waals surface area contributed by atoms with Gasteiger partial charge in [0.2, 0.25) is 0 Å². The van der Waals surface area contributed by atoms with Gasteiger partial charge in [0.1, 0.15) is 6.61 Å². The summed E-state index contributed by atoms with van der Waals surface area (Å²) in [6.45, 7) is 0.160. The number of hydrogen-bond donors (Lipinski definition) is 0. The van der Waals surface area contributed by atoms with Gasteiger partial charge in [-0.3, -0.25) is 4.21 Å². The van der Waals surface area contributed by atoms with Gasteiger partial charge < -0.3 is 4.74 Å². The Morgan fingerprint density at radius 2 is 2.08 bits per heavy atom. The van der Waals surface area contributed by atoms with Crippen LogP contribution >= 0.6 is 0 Å². The van der Waals surface area contributed by atoms with E-state index in [1.54, 1.807) is 0 Å². The zero-order valence-electron chi connectivity index (χ0n) is 6.77. The van der Waals surface area contributed by atoms with Crippen molar-refractivity contribution in [1.82, 2.24) is 0 Å². The molecular weight excluding hydrogens is 190 g/mol. The zero-order valence-corrected chi connectivity index (χ0v) is 7.77. The fourth-order valence-corrected chi connectivity index (χ4v) is 0.928. The van der Waals surface area contributed by atoms with E-state index >= 15 is 0 Å². The maximum absolute atomic E-state index is 10.6. The van der Waals surface area contributed by atoms with Crippen molar-refractivity contribution in [2.24, 2.45) is 4.36 Å². The number of carbonyl (C=O) groups is 1. The fraction of sp³-hybridized carbons (Fsp3) is 0.125. The average Bonchev–Trinajstić information content (AvgIpc) is 2.17. The first-order valence-electron chi connectivity index (χ1n) is 3.61. The number of hydrogen-bond acceptors (Lipinski definition) is 3. The predicted octanol–water partition coefficient (Wildman–Crippen LogP) is 1.18. The molecule has 0 N–H and O–H groups in total. The largest absolute Gasteiger partial charge is 0.443 e. The van der Waals surface area contributed by atoms with Crippen LogP contribution in [0.5, 0.6) is 0 Å². The van der Waals surface area contributed by atoms with Crippen LogP contribution in [0.25, 0.3) is 0 Å². The Hall–Kier alpha value is -1.36. The summed E-state index contributed by atoms with van der Waals surface area (Å²) in [5, 5.41) is 0. The van der Waals surface area contributed by atoms with Crippen LogP contribution in [0.2, 0.25) is 0 Å². The molecule has 0 aliphatic heterocycles. The lowest BCUT2D eigenvalue weighted by molar-refractivity contribution is 0.151. The molecule has 0 unspecified atom stereocenters. The van der Waals surface area contributed by atoms with Crippen molar-refractivity contribution >= 4 is 17.6 Å². The van der Waals surface area contributed by atoms with Crippen LogP contribution in [0.3, 0.4) is 0 Å². The second-order valence-electron chi connectivity index (χ2n) is 2.24. The van der Waals surface area contributed by atoms with Crippen molar-refractivity contribution < 1.29 is 13.7 Å². The lowest BCUT2D eigenvalue weighted by atomic mass is 10.2. The molecule has 0 spiro atoms. The molecule has 5 heteroatoms. The maximum atomic E-state index is 10.6. The van der Waals surface area contributed by atoms with Crippen LogP contribution in [0, 0.1) is 0 Å². The number of nitrogens with zero attached hydrogens (tertiary/aromatic N) is 1. The monoisotopic (exact) mass is 199 g/mol. The molecule has 0 fully saturated rings. The molecule has 1 aromatic carbocycles. The van der Waals surface area contributed by atoms with Crippen molar-refractivity contribution in [2.75, 3.05) is 0 Å². The lowest BCUT2D eigenvalue weighted by Gasteiger charge is -1.99. The fourth-order valence-electron chi connectivity index (χ4n) is 0.789. The van der Waals surface area contributed by atoms with E-state index in [2.05, 4.69) is 9.10 Å². The highest BCUT2D eigenvalue weighted by Gasteiger charge is 1.97.